The summed E-state index contributed by atoms with van der Waals surface area (Å²) in [5.74, 6) is -2.45. The summed E-state index contributed by atoms with van der Waals surface area (Å²) in [6.45, 7) is 0.411. The van der Waals surface area contributed by atoms with Gasteiger partial charge in [0.15, 0.2) is 17.5 Å². The number of hydrogen-bond acceptors (Lipinski definition) is 4. The van der Waals surface area contributed by atoms with Gasteiger partial charge in [-0.05, 0) is 41.5 Å². The van der Waals surface area contributed by atoms with Crippen LogP contribution in [0.15, 0.2) is 18.2 Å². The Hall–Kier alpha value is -2.38. The number of carboxylic acid groups (broad SMARTS) is 1. The van der Waals surface area contributed by atoms with Crippen molar-refractivity contribution in [3.63, 3.8) is 0 Å². The van der Waals surface area contributed by atoms with Crippen LogP contribution in [0.2, 0.25) is 0 Å². The van der Waals surface area contributed by atoms with Crippen LogP contribution >= 0.6 is 0 Å². The maximum absolute atomic E-state index is 13.2. The highest BCUT2D eigenvalue weighted by Crippen LogP contribution is 2.19. The van der Waals surface area contributed by atoms with E-state index in [1.54, 1.807) is 0 Å². The summed E-state index contributed by atoms with van der Waals surface area (Å²) in [7, 11) is 0. The monoisotopic (exact) mass is 282 g/mol. The number of carbonyl (C=O) groups is 1. The maximum atomic E-state index is 13.2. The Labute approximate surface area is 113 Å². The average molecular weight is 282 g/mol. The molecule has 0 atom stereocenters. The number of aryl methyl sites for hydroxylation is 1. The Balaban J connectivity index is 2.08. The van der Waals surface area contributed by atoms with Crippen LogP contribution in [0, 0.1) is 11.6 Å². The number of nitrogens with zero attached hydrogens (tertiary/aromatic N) is 4. The molecular weight excluding hydrogens is 270 g/mol. The topological polar surface area (TPSA) is 80.9 Å². The summed E-state index contributed by atoms with van der Waals surface area (Å²) in [6.07, 6.45) is 1.14. The van der Waals surface area contributed by atoms with Crippen LogP contribution in [0.1, 0.15) is 19.3 Å². The third-order valence-electron chi connectivity index (χ3n) is 2.72. The number of benzene rings is 1. The quantitative estimate of drug-likeness (QED) is 0.818. The molecule has 2 aromatic rings. The molecule has 0 saturated heterocycles. The Morgan fingerprint density at radius 2 is 2.05 bits per heavy atom. The minimum absolute atomic E-state index is 0.0721. The Morgan fingerprint density at radius 3 is 2.75 bits per heavy atom. The van der Waals surface area contributed by atoms with Crippen molar-refractivity contribution in [1.29, 1.82) is 0 Å². The van der Waals surface area contributed by atoms with Crippen molar-refractivity contribution in [2.75, 3.05) is 0 Å². The molecule has 1 N–H and O–H groups in total. The van der Waals surface area contributed by atoms with Gasteiger partial charge in [0.1, 0.15) is 0 Å². The van der Waals surface area contributed by atoms with Gasteiger partial charge in [0.25, 0.3) is 0 Å². The fourth-order valence-electron chi connectivity index (χ4n) is 1.74. The summed E-state index contributed by atoms with van der Waals surface area (Å²) < 4.78 is 27.5. The van der Waals surface area contributed by atoms with Gasteiger partial charge in [-0.3, -0.25) is 4.79 Å². The highest BCUT2D eigenvalue weighted by molar-refractivity contribution is 5.66. The molecule has 6 nitrogen and oxygen atoms in total. The van der Waals surface area contributed by atoms with Gasteiger partial charge in [0.05, 0.1) is 0 Å². The van der Waals surface area contributed by atoms with Crippen molar-refractivity contribution in [2.24, 2.45) is 0 Å². The molecular formula is C12H12F2N4O2. The number of carboxylic acids is 1. The first kappa shape index (κ1) is 14.0. The van der Waals surface area contributed by atoms with E-state index in [9.17, 15) is 13.6 Å². The van der Waals surface area contributed by atoms with E-state index in [0.29, 0.717) is 30.8 Å². The third kappa shape index (κ3) is 3.34. The molecule has 0 spiro atoms. The third-order valence-corrected chi connectivity index (χ3v) is 2.72. The highest BCUT2D eigenvalue weighted by atomic mass is 19.2. The first-order valence-corrected chi connectivity index (χ1v) is 6.01. The first-order chi connectivity index (χ1) is 9.58. The molecule has 8 heteroatoms. The summed E-state index contributed by atoms with van der Waals surface area (Å²) in [4.78, 5) is 10.4. The van der Waals surface area contributed by atoms with Crippen LogP contribution in [-0.4, -0.2) is 31.3 Å². The molecule has 0 aliphatic heterocycles. The van der Waals surface area contributed by atoms with Gasteiger partial charge < -0.3 is 5.11 Å². The Bertz CT molecular complexity index is 615. The lowest BCUT2D eigenvalue weighted by molar-refractivity contribution is -0.137. The van der Waals surface area contributed by atoms with Crippen LogP contribution in [0.25, 0.3) is 11.4 Å². The molecule has 0 aliphatic carbocycles. The molecule has 20 heavy (non-hydrogen) atoms. The lowest BCUT2D eigenvalue weighted by Crippen LogP contribution is -2.04. The minimum atomic E-state index is -0.970. The van der Waals surface area contributed by atoms with Gasteiger partial charge in [-0.15, -0.1) is 5.10 Å². The zero-order valence-corrected chi connectivity index (χ0v) is 10.5. The van der Waals surface area contributed by atoms with E-state index in [4.69, 9.17) is 5.11 Å². The average Bonchev–Trinajstić information content (AvgIpc) is 2.86. The number of tetrazole rings is 1. The van der Waals surface area contributed by atoms with Crippen LogP contribution in [-0.2, 0) is 11.3 Å². The molecule has 0 amide bonds. The smallest absolute Gasteiger partial charge is 0.303 e. The number of hydrogen-bond donors (Lipinski definition) is 1. The molecule has 0 bridgehead atoms. The van der Waals surface area contributed by atoms with Crippen molar-refractivity contribution in [3.8, 4) is 11.4 Å². The molecule has 0 fully saturated rings. The molecule has 2 rings (SSSR count). The van der Waals surface area contributed by atoms with Crippen molar-refractivity contribution in [2.45, 2.75) is 25.8 Å². The van der Waals surface area contributed by atoms with Gasteiger partial charge in [0, 0.05) is 18.5 Å². The van der Waals surface area contributed by atoms with Gasteiger partial charge in [-0.2, -0.15) is 0 Å². The predicted octanol–water partition coefficient (Wildman–Crippen LogP) is 1.87. The van der Waals surface area contributed by atoms with Crippen LogP contribution in [0.3, 0.4) is 0 Å². The molecule has 1 heterocycles. The molecule has 1 aromatic heterocycles. The summed E-state index contributed by atoms with van der Waals surface area (Å²) in [6, 6.07) is 3.42. The largest absolute Gasteiger partial charge is 0.481 e. The van der Waals surface area contributed by atoms with Crippen LogP contribution in [0.4, 0.5) is 8.78 Å². The Morgan fingerprint density at radius 1 is 1.25 bits per heavy atom. The molecule has 0 unspecified atom stereocenters. The molecule has 0 saturated carbocycles. The number of rotatable bonds is 6. The van der Waals surface area contributed by atoms with Gasteiger partial charge in [0.2, 0.25) is 0 Å². The second kappa shape index (κ2) is 6.18. The highest BCUT2D eigenvalue weighted by Gasteiger charge is 2.11. The number of unbranched alkanes of at least 4 members (excludes halogenated alkanes) is 1. The maximum Gasteiger partial charge on any atom is 0.303 e. The summed E-state index contributed by atoms with van der Waals surface area (Å²) in [5, 5.41) is 19.6. The molecule has 0 radical (unpaired) electrons. The molecule has 106 valence electrons. The Kier molecular flexibility index (Phi) is 4.34. The van der Waals surface area contributed by atoms with Crippen molar-refractivity contribution in [1.82, 2.24) is 20.2 Å². The summed E-state index contributed by atoms with van der Waals surface area (Å²) >= 11 is 0. The predicted molar refractivity (Wildman–Crippen MR) is 64.7 cm³/mol. The van der Waals surface area contributed by atoms with E-state index >= 15 is 0 Å². The number of aliphatic carboxylic acids is 1. The SMILES string of the molecule is O=C(O)CCCCn1nnnc1-c1ccc(F)c(F)c1. The second-order valence-corrected chi connectivity index (χ2v) is 4.21. The fraction of sp³-hybridized carbons (Fsp3) is 0.333. The van der Waals surface area contributed by atoms with E-state index < -0.39 is 17.6 Å². The van der Waals surface area contributed by atoms with E-state index in [2.05, 4.69) is 15.5 Å². The lowest BCUT2D eigenvalue weighted by Gasteiger charge is -2.04. The zero-order chi connectivity index (χ0) is 14.5. The van der Waals surface area contributed by atoms with Crippen LogP contribution in [0.5, 0.6) is 0 Å². The van der Waals surface area contributed by atoms with E-state index in [1.165, 1.54) is 10.7 Å². The normalized spacial score (nSPS) is 10.7. The first-order valence-electron chi connectivity index (χ1n) is 6.01. The van der Waals surface area contributed by atoms with Gasteiger partial charge in [-0.25, -0.2) is 13.5 Å². The number of aromatic nitrogens is 4. The minimum Gasteiger partial charge on any atom is -0.481 e. The second-order valence-electron chi connectivity index (χ2n) is 4.21. The molecule has 0 aliphatic rings. The molecule has 1 aromatic carbocycles. The van der Waals surface area contributed by atoms with E-state index in [0.717, 1.165) is 12.1 Å². The van der Waals surface area contributed by atoms with E-state index in [1.807, 2.05) is 0 Å². The standard InChI is InChI=1S/C12H12F2N4O2/c13-9-5-4-8(7-10(9)14)12-15-16-17-18(12)6-2-1-3-11(19)20/h4-5,7H,1-3,6H2,(H,19,20). The van der Waals surface area contributed by atoms with Crippen molar-refractivity contribution in [3.05, 3.63) is 29.8 Å². The number of halogens is 2. The summed E-state index contributed by atoms with van der Waals surface area (Å²) in [5.41, 5.74) is 0.368. The van der Waals surface area contributed by atoms with Crippen LogP contribution < -0.4 is 0 Å². The fourth-order valence-corrected chi connectivity index (χ4v) is 1.74. The lowest BCUT2D eigenvalue weighted by atomic mass is 10.2. The van der Waals surface area contributed by atoms with Crippen molar-refractivity contribution >= 4 is 5.97 Å². The van der Waals surface area contributed by atoms with Gasteiger partial charge in [-0.1, -0.05) is 0 Å². The van der Waals surface area contributed by atoms with E-state index in [-0.39, 0.29) is 6.42 Å². The van der Waals surface area contributed by atoms with Gasteiger partial charge >= 0.3 is 5.97 Å². The van der Waals surface area contributed by atoms with Crippen molar-refractivity contribution < 1.29 is 18.7 Å². The zero-order valence-electron chi connectivity index (χ0n) is 10.5.